The highest BCUT2D eigenvalue weighted by molar-refractivity contribution is 14.1. The van der Waals surface area contributed by atoms with Crippen LogP contribution in [0.1, 0.15) is 15.9 Å². The molecular weight excluding hydrogens is 445 g/mol. The molecule has 0 aliphatic rings. The van der Waals surface area contributed by atoms with Crippen molar-refractivity contribution in [3.8, 4) is 5.75 Å². The predicted octanol–water partition coefficient (Wildman–Crippen LogP) is 3.34. The van der Waals surface area contributed by atoms with Crippen LogP contribution in [0.4, 0.5) is 11.4 Å². The van der Waals surface area contributed by atoms with Gasteiger partial charge in [0.1, 0.15) is 5.75 Å². The molecule has 124 valence electrons. The van der Waals surface area contributed by atoms with E-state index in [1.165, 1.54) is 6.07 Å². The summed E-state index contributed by atoms with van der Waals surface area (Å²) in [6.07, 6.45) is 0. The molecule has 0 radical (unpaired) electrons. The molecule has 1 amide bonds. The van der Waals surface area contributed by atoms with Crippen molar-refractivity contribution in [2.45, 2.75) is 6.92 Å². The molecule has 2 aromatic carbocycles. The Morgan fingerprint density at radius 2 is 2.00 bits per heavy atom. The van der Waals surface area contributed by atoms with Crippen LogP contribution in [0.2, 0.25) is 0 Å². The Morgan fingerprint density at radius 1 is 1.29 bits per heavy atom. The lowest BCUT2D eigenvalue weighted by Crippen LogP contribution is -2.34. The number of carbonyl (C=O) groups excluding carboxylic acids is 1. The van der Waals surface area contributed by atoms with E-state index in [1.807, 2.05) is 13.0 Å². The van der Waals surface area contributed by atoms with Gasteiger partial charge in [0.15, 0.2) is 5.11 Å². The molecule has 0 saturated heterocycles. The number of aryl methyl sites for hydroxylation is 1. The number of nitrogens with one attached hydrogen (secondary N) is 2. The van der Waals surface area contributed by atoms with Crippen molar-refractivity contribution in [1.29, 1.82) is 0 Å². The van der Waals surface area contributed by atoms with Gasteiger partial charge in [-0.2, -0.15) is 0 Å². The Bertz CT molecular complexity index is 841. The van der Waals surface area contributed by atoms with Crippen LogP contribution >= 0.6 is 34.8 Å². The summed E-state index contributed by atoms with van der Waals surface area (Å²) >= 11 is 7.14. The van der Waals surface area contributed by atoms with Gasteiger partial charge in [-0.15, -0.1) is 0 Å². The zero-order valence-electron chi connectivity index (χ0n) is 12.4. The van der Waals surface area contributed by atoms with E-state index in [4.69, 9.17) is 12.2 Å². The number of hydrogen-bond donors (Lipinski definition) is 3. The van der Waals surface area contributed by atoms with Gasteiger partial charge in [-0.05, 0) is 65.5 Å². The fourth-order valence-electron chi connectivity index (χ4n) is 1.80. The third-order valence-electron chi connectivity index (χ3n) is 3.10. The molecule has 3 N–H and O–H groups in total. The maximum Gasteiger partial charge on any atom is 0.271 e. The Morgan fingerprint density at radius 3 is 2.62 bits per heavy atom. The van der Waals surface area contributed by atoms with E-state index >= 15 is 0 Å². The van der Waals surface area contributed by atoms with Crippen LogP contribution in [-0.2, 0) is 0 Å². The van der Waals surface area contributed by atoms with Gasteiger partial charge in [-0.3, -0.25) is 20.2 Å². The minimum Gasteiger partial charge on any atom is -0.506 e. The first-order valence-electron chi connectivity index (χ1n) is 6.64. The number of benzene rings is 2. The summed E-state index contributed by atoms with van der Waals surface area (Å²) in [6, 6.07) is 8.67. The number of phenols is 1. The smallest absolute Gasteiger partial charge is 0.271 e. The molecule has 0 bridgehead atoms. The Kier molecular flexibility index (Phi) is 5.67. The number of halogens is 1. The number of non-ortho nitro benzene ring substituents is 1. The van der Waals surface area contributed by atoms with Crippen molar-refractivity contribution in [2.24, 2.45) is 0 Å². The van der Waals surface area contributed by atoms with Gasteiger partial charge in [-0.25, -0.2) is 0 Å². The Hall–Kier alpha value is -2.27. The number of anilines is 1. The Balaban J connectivity index is 2.10. The molecular formula is C15H12IN3O4S. The second-order valence-corrected chi connectivity index (χ2v) is 6.40. The molecule has 0 unspecified atom stereocenters. The first-order valence-corrected chi connectivity index (χ1v) is 8.12. The molecule has 0 saturated carbocycles. The SMILES string of the molecule is Cc1ccc(C(=O)NC(=S)Nc2cc([N+](=O)[O-])ccc2O)cc1I. The molecule has 0 aliphatic carbocycles. The maximum absolute atomic E-state index is 12.2. The van der Waals surface area contributed by atoms with E-state index in [-0.39, 0.29) is 22.2 Å². The van der Waals surface area contributed by atoms with Crippen LogP contribution in [0.5, 0.6) is 5.75 Å². The van der Waals surface area contributed by atoms with E-state index in [0.29, 0.717) is 5.56 Å². The first-order chi connectivity index (χ1) is 11.3. The van der Waals surface area contributed by atoms with Crippen LogP contribution in [0.3, 0.4) is 0 Å². The summed E-state index contributed by atoms with van der Waals surface area (Å²) in [5, 5.41) is 25.5. The summed E-state index contributed by atoms with van der Waals surface area (Å²) in [4.78, 5) is 22.3. The lowest BCUT2D eigenvalue weighted by Gasteiger charge is -2.11. The normalized spacial score (nSPS) is 10.1. The van der Waals surface area contributed by atoms with Crippen LogP contribution < -0.4 is 10.6 Å². The van der Waals surface area contributed by atoms with Crippen LogP contribution in [-0.4, -0.2) is 21.0 Å². The van der Waals surface area contributed by atoms with Crippen molar-refractivity contribution in [1.82, 2.24) is 5.32 Å². The molecule has 0 spiro atoms. The topological polar surface area (TPSA) is 104 Å². The van der Waals surface area contributed by atoms with Gasteiger partial charge < -0.3 is 10.4 Å². The second-order valence-electron chi connectivity index (χ2n) is 4.83. The quantitative estimate of drug-likeness (QED) is 0.215. The number of nitrogens with zero attached hydrogens (tertiary/aromatic N) is 1. The molecule has 0 fully saturated rings. The van der Waals surface area contributed by atoms with E-state index in [2.05, 4.69) is 33.2 Å². The van der Waals surface area contributed by atoms with Crippen LogP contribution in [0.15, 0.2) is 36.4 Å². The number of nitro groups is 1. The average molecular weight is 457 g/mol. The molecule has 0 aliphatic heterocycles. The molecule has 24 heavy (non-hydrogen) atoms. The fourth-order valence-corrected chi connectivity index (χ4v) is 2.52. The van der Waals surface area contributed by atoms with Crippen LogP contribution in [0, 0.1) is 20.6 Å². The van der Waals surface area contributed by atoms with Gasteiger partial charge in [0.05, 0.1) is 10.6 Å². The summed E-state index contributed by atoms with van der Waals surface area (Å²) in [6.45, 7) is 1.93. The number of thiocarbonyl (C=S) groups is 1. The van der Waals surface area contributed by atoms with E-state index in [0.717, 1.165) is 21.3 Å². The third-order valence-corrected chi connectivity index (χ3v) is 4.47. The number of aromatic hydroxyl groups is 1. The fraction of sp³-hybridized carbons (Fsp3) is 0.0667. The monoisotopic (exact) mass is 457 g/mol. The molecule has 9 heteroatoms. The van der Waals surface area contributed by atoms with Crippen molar-refractivity contribution in [3.05, 3.63) is 61.2 Å². The van der Waals surface area contributed by atoms with E-state index in [9.17, 15) is 20.0 Å². The first kappa shape index (κ1) is 18.1. The van der Waals surface area contributed by atoms with E-state index < -0.39 is 10.8 Å². The number of amides is 1. The minimum absolute atomic E-state index is 0.0352. The lowest BCUT2D eigenvalue weighted by molar-refractivity contribution is -0.384. The highest BCUT2D eigenvalue weighted by atomic mass is 127. The average Bonchev–Trinajstić information content (AvgIpc) is 2.51. The zero-order chi connectivity index (χ0) is 17.9. The standard InChI is InChI=1S/C15H12IN3O4S/c1-8-2-3-9(6-11(8)16)14(21)18-15(24)17-12-7-10(19(22)23)4-5-13(12)20/h2-7,20H,1H3,(H2,17,18,21,24). The van der Waals surface area contributed by atoms with Gasteiger partial charge in [0.2, 0.25) is 0 Å². The largest absolute Gasteiger partial charge is 0.506 e. The molecule has 7 nitrogen and oxygen atoms in total. The number of nitro benzene ring substituents is 1. The zero-order valence-corrected chi connectivity index (χ0v) is 15.3. The molecule has 2 rings (SSSR count). The summed E-state index contributed by atoms with van der Waals surface area (Å²) in [7, 11) is 0. The summed E-state index contributed by atoms with van der Waals surface area (Å²) in [5.41, 5.74) is 1.30. The van der Waals surface area contributed by atoms with Gasteiger partial charge >= 0.3 is 0 Å². The highest BCUT2D eigenvalue weighted by Crippen LogP contribution is 2.27. The number of rotatable bonds is 3. The molecule has 0 aromatic heterocycles. The van der Waals surface area contributed by atoms with Gasteiger partial charge in [-0.1, -0.05) is 6.07 Å². The van der Waals surface area contributed by atoms with Gasteiger partial charge in [0.25, 0.3) is 11.6 Å². The minimum atomic E-state index is -0.597. The second kappa shape index (κ2) is 7.53. The number of hydrogen-bond acceptors (Lipinski definition) is 5. The molecule has 0 heterocycles. The maximum atomic E-state index is 12.2. The van der Waals surface area contributed by atoms with Crippen molar-refractivity contribution in [3.63, 3.8) is 0 Å². The van der Waals surface area contributed by atoms with Crippen molar-refractivity contribution in [2.75, 3.05) is 5.32 Å². The van der Waals surface area contributed by atoms with Crippen molar-refractivity contribution < 1.29 is 14.8 Å². The van der Waals surface area contributed by atoms with Gasteiger partial charge in [0, 0.05) is 21.3 Å². The highest BCUT2D eigenvalue weighted by Gasteiger charge is 2.13. The third kappa shape index (κ3) is 4.38. The summed E-state index contributed by atoms with van der Waals surface area (Å²) < 4.78 is 0.940. The van der Waals surface area contributed by atoms with Crippen LogP contribution in [0.25, 0.3) is 0 Å². The molecule has 2 aromatic rings. The van der Waals surface area contributed by atoms with Crippen molar-refractivity contribution >= 4 is 57.2 Å². The van der Waals surface area contributed by atoms with E-state index in [1.54, 1.807) is 12.1 Å². The number of phenolic OH excluding ortho intramolecular Hbond substituents is 1. The number of carbonyl (C=O) groups is 1. The predicted molar refractivity (Wildman–Crippen MR) is 102 cm³/mol. The molecule has 0 atom stereocenters. The Labute approximate surface area is 156 Å². The summed E-state index contributed by atoms with van der Waals surface area (Å²) in [5.74, 6) is -0.641. The lowest BCUT2D eigenvalue weighted by atomic mass is 10.1.